The fourth-order valence-electron chi connectivity index (χ4n) is 1.36. The van der Waals surface area contributed by atoms with Crippen molar-refractivity contribution < 1.29 is 0 Å². The number of hydrogen-bond donors (Lipinski definition) is 1. The molecule has 0 radical (unpaired) electrons. The summed E-state index contributed by atoms with van der Waals surface area (Å²) in [4.78, 5) is 0. The van der Waals surface area contributed by atoms with Crippen molar-refractivity contribution in [1.82, 2.24) is 9.78 Å². The van der Waals surface area contributed by atoms with Gasteiger partial charge in [-0.25, -0.2) is 0 Å². The lowest BCUT2D eigenvalue weighted by atomic mass is 10.1. The second-order valence-corrected chi connectivity index (χ2v) is 5.66. The molecule has 1 aromatic heterocycles. The zero-order valence-electron chi connectivity index (χ0n) is 9.81. The Kier molecular flexibility index (Phi) is 5.19. The summed E-state index contributed by atoms with van der Waals surface area (Å²) in [6.45, 7) is 7.42. The highest BCUT2D eigenvalue weighted by Gasteiger charge is 2.07. The summed E-state index contributed by atoms with van der Waals surface area (Å²) in [7, 11) is 0. The Bertz CT molecular complexity index is 283. The van der Waals surface area contributed by atoms with E-state index in [1.165, 1.54) is 5.56 Å². The fraction of sp³-hybridized carbons (Fsp3) is 0.727. The van der Waals surface area contributed by atoms with Crippen LogP contribution in [0.2, 0.25) is 0 Å². The maximum atomic E-state index is 6.05. The van der Waals surface area contributed by atoms with Gasteiger partial charge in [0.05, 0.1) is 6.20 Å². The van der Waals surface area contributed by atoms with Gasteiger partial charge < -0.3 is 5.73 Å². The van der Waals surface area contributed by atoms with Crippen LogP contribution in [0, 0.1) is 0 Å². The number of aryl methyl sites for hydroxylation is 1. The molecule has 0 spiro atoms. The van der Waals surface area contributed by atoms with E-state index in [9.17, 15) is 0 Å². The Morgan fingerprint density at radius 2 is 2.27 bits per heavy atom. The third kappa shape index (κ3) is 4.71. The van der Waals surface area contributed by atoms with Gasteiger partial charge in [-0.15, -0.1) is 0 Å². The number of nitrogens with two attached hydrogens (primary N) is 1. The molecule has 1 atom stereocenters. The maximum Gasteiger partial charge on any atom is 0.0522 e. The van der Waals surface area contributed by atoms with Gasteiger partial charge in [0, 0.05) is 24.5 Å². The maximum absolute atomic E-state index is 6.05. The number of nitrogens with zero attached hydrogens (tertiary/aromatic N) is 2. The van der Waals surface area contributed by atoms with E-state index in [4.69, 9.17) is 5.73 Å². The largest absolute Gasteiger partial charge is 0.327 e. The van der Waals surface area contributed by atoms with Crippen LogP contribution in [0.3, 0.4) is 0 Å². The van der Waals surface area contributed by atoms with Crippen molar-refractivity contribution in [3.63, 3.8) is 0 Å². The lowest BCUT2D eigenvalue weighted by Gasteiger charge is -2.11. The minimum atomic E-state index is 0.243. The van der Waals surface area contributed by atoms with Gasteiger partial charge in [0.15, 0.2) is 0 Å². The van der Waals surface area contributed by atoms with Gasteiger partial charge in [-0.3, -0.25) is 4.68 Å². The second kappa shape index (κ2) is 6.18. The van der Waals surface area contributed by atoms with Gasteiger partial charge in [-0.1, -0.05) is 13.8 Å². The van der Waals surface area contributed by atoms with Crippen molar-refractivity contribution in [3.05, 3.63) is 18.0 Å². The van der Waals surface area contributed by atoms with Gasteiger partial charge in [-0.2, -0.15) is 16.9 Å². The van der Waals surface area contributed by atoms with Crippen molar-refractivity contribution in [3.8, 4) is 0 Å². The molecule has 1 aromatic rings. The molecule has 3 nitrogen and oxygen atoms in total. The third-order valence-electron chi connectivity index (χ3n) is 2.15. The van der Waals surface area contributed by atoms with Crippen LogP contribution in [0.5, 0.6) is 0 Å². The van der Waals surface area contributed by atoms with Crippen molar-refractivity contribution in [2.75, 3.05) is 5.75 Å². The van der Waals surface area contributed by atoms with Crippen LogP contribution in [0.1, 0.15) is 26.3 Å². The molecular weight excluding hydrogens is 206 g/mol. The topological polar surface area (TPSA) is 43.8 Å². The number of aromatic nitrogens is 2. The zero-order valence-corrected chi connectivity index (χ0v) is 10.6. The molecule has 0 saturated carbocycles. The first-order chi connectivity index (χ1) is 7.11. The van der Waals surface area contributed by atoms with Gasteiger partial charge in [0.25, 0.3) is 0 Å². The lowest BCUT2D eigenvalue weighted by molar-refractivity contribution is 0.658. The van der Waals surface area contributed by atoms with Crippen LogP contribution in [0.4, 0.5) is 0 Å². The van der Waals surface area contributed by atoms with E-state index in [0.29, 0.717) is 5.25 Å². The SMILES string of the molecule is CCn1cc(CC(N)CSC(C)C)cn1. The Morgan fingerprint density at radius 1 is 1.53 bits per heavy atom. The third-order valence-corrected chi connectivity index (χ3v) is 3.44. The summed E-state index contributed by atoms with van der Waals surface area (Å²) >= 11 is 1.92. The molecule has 1 heterocycles. The normalized spacial score (nSPS) is 13.4. The van der Waals surface area contributed by atoms with Crippen LogP contribution < -0.4 is 5.73 Å². The van der Waals surface area contributed by atoms with Crippen LogP contribution >= 0.6 is 11.8 Å². The fourth-order valence-corrected chi connectivity index (χ4v) is 2.11. The van der Waals surface area contributed by atoms with E-state index in [0.717, 1.165) is 18.7 Å². The van der Waals surface area contributed by atoms with Crippen molar-refractivity contribution in [2.24, 2.45) is 5.73 Å². The van der Waals surface area contributed by atoms with Gasteiger partial charge >= 0.3 is 0 Å². The lowest BCUT2D eigenvalue weighted by Crippen LogP contribution is -2.26. The minimum absolute atomic E-state index is 0.243. The summed E-state index contributed by atoms with van der Waals surface area (Å²) in [5.41, 5.74) is 7.29. The number of thioether (sulfide) groups is 1. The Hall–Kier alpha value is -0.480. The molecule has 15 heavy (non-hydrogen) atoms. The molecule has 2 N–H and O–H groups in total. The van der Waals surface area contributed by atoms with E-state index in [-0.39, 0.29) is 6.04 Å². The second-order valence-electron chi connectivity index (χ2n) is 4.05. The van der Waals surface area contributed by atoms with E-state index in [2.05, 4.69) is 32.1 Å². The van der Waals surface area contributed by atoms with Crippen molar-refractivity contribution in [2.45, 2.75) is 45.0 Å². The van der Waals surface area contributed by atoms with Crippen molar-refractivity contribution in [1.29, 1.82) is 0 Å². The predicted octanol–water partition coefficient (Wildman–Crippen LogP) is 1.91. The van der Waals surface area contributed by atoms with E-state index in [1.807, 2.05) is 22.6 Å². The average Bonchev–Trinajstić information content (AvgIpc) is 2.62. The smallest absolute Gasteiger partial charge is 0.0522 e. The molecule has 0 amide bonds. The van der Waals surface area contributed by atoms with Gasteiger partial charge in [0.1, 0.15) is 0 Å². The molecule has 0 saturated heterocycles. The first-order valence-corrected chi connectivity index (χ1v) is 6.55. The molecular formula is C11H21N3S. The van der Waals surface area contributed by atoms with Gasteiger partial charge in [-0.05, 0) is 24.2 Å². The quantitative estimate of drug-likeness (QED) is 0.807. The highest BCUT2D eigenvalue weighted by atomic mass is 32.2. The summed E-state index contributed by atoms with van der Waals surface area (Å²) in [5.74, 6) is 1.02. The summed E-state index contributed by atoms with van der Waals surface area (Å²) in [6.07, 6.45) is 4.93. The first kappa shape index (κ1) is 12.6. The summed E-state index contributed by atoms with van der Waals surface area (Å²) in [6, 6.07) is 0.243. The molecule has 0 aliphatic heterocycles. The zero-order chi connectivity index (χ0) is 11.3. The average molecular weight is 227 g/mol. The molecule has 4 heteroatoms. The Labute approximate surface area is 96.4 Å². The van der Waals surface area contributed by atoms with Crippen LogP contribution in [-0.2, 0) is 13.0 Å². The highest BCUT2D eigenvalue weighted by Crippen LogP contribution is 2.12. The van der Waals surface area contributed by atoms with Crippen LogP contribution in [-0.4, -0.2) is 26.8 Å². The van der Waals surface area contributed by atoms with Gasteiger partial charge in [0.2, 0.25) is 0 Å². The number of rotatable bonds is 6. The molecule has 1 unspecified atom stereocenters. The molecule has 1 rings (SSSR count). The molecule has 86 valence electrons. The summed E-state index contributed by atoms with van der Waals surface area (Å²) < 4.78 is 1.94. The molecule has 0 bridgehead atoms. The number of hydrogen-bond acceptors (Lipinski definition) is 3. The molecule has 0 aromatic carbocycles. The monoisotopic (exact) mass is 227 g/mol. The van der Waals surface area contributed by atoms with Crippen LogP contribution in [0.15, 0.2) is 12.4 Å². The Balaban J connectivity index is 2.33. The predicted molar refractivity (Wildman–Crippen MR) is 67.2 cm³/mol. The highest BCUT2D eigenvalue weighted by molar-refractivity contribution is 7.99. The van der Waals surface area contributed by atoms with Crippen molar-refractivity contribution >= 4 is 11.8 Å². The molecule has 0 aliphatic rings. The summed E-state index contributed by atoms with van der Waals surface area (Å²) in [5, 5.41) is 4.90. The molecule has 0 fully saturated rings. The van der Waals surface area contributed by atoms with Crippen LogP contribution in [0.25, 0.3) is 0 Å². The molecule has 0 aliphatic carbocycles. The van der Waals surface area contributed by atoms with E-state index in [1.54, 1.807) is 0 Å². The van der Waals surface area contributed by atoms with E-state index >= 15 is 0 Å². The Morgan fingerprint density at radius 3 is 2.80 bits per heavy atom. The van der Waals surface area contributed by atoms with E-state index < -0.39 is 0 Å². The standard InChI is InChI=1S/C11H21N3S/c1-4-14-7-10(6-13-14)5-11(12)8-15-9(2)3/h6-7,9,11H,4-5,8,12H2,1-3H3. The minimum Gasteiger partial charge on any atom is -0.327 e. The first-order valence-electron chi connectivity index (χ1n) is 5.50.